The van der Waals surface area contributed by atoms with Crippen molar-refractivity contribution in [2.24, 2.45) is 0 Å². The summed E-state index contributed by atoms with van der Waals surface area (Å²) in [6, 6.07) is 15.9. The molecule has 2 N–H and O–H groups in total. The minimum atomic E-state index is -0.284. The number of carbonyl (C=O) groups excluding carboxylic acids is 1. The van der Waals surface area contributed by atoms with Gasteiger partial charge in [0, 0.05) is 29.2 Å². The number of H-pyrrole nitrogens is 1. The Morgan fingerprint density at radius 2 is 2.03 bits per heavy atom. The van der Waals surface area contributed by atoms with Crippen LogP contribution in [-0.2, 0) is 11.2 Å². The molecular weight excluding hydrogens is 367 g/mol. The van der Waals surface area contributed by atoms with E-state index in [-0.39, 0.29) is 11.7 Å². The fraction of sp³-hybridized carbons (Fsp3) is 0.174. The van der Waals surface area contributed by atoms with E-state index in [0.29, 0.717) is 25.1 Å². The van der Waals surface area contributed by atoms with Gasteiger partial charge in [-0.15, -0.1) is 0 Å². The van der Waals surface area contributed by atoms with Crippen LogP contribution in [0.25, 0.3) is 22.3 Å². The van der Waals surface area contributed by atoms with Crippen LogP contribution in [0.4, 0.5) is 10.2 Å². The zero-order chi connectivity index (χ0) is 20.2. The molecule has 6 heteroatoms. The van der Waals surface area contributed by atoms with Gasteiger partial charge in [0.15, 0.2) is 0 Å². The highest BCUT2D eigenvalue weighted by atomic mass is 19.1. The van der Waals surface area contributed by atoms with Crippen molar-refractivity contribution in [2.75, 3.05) is 5.32 Å². The Labute approximate surface area is 168 Å². The molecule has 0 saturated heterocycles. The zero-order valence-electron chi connectivity index (χ0n) is 16.1. The molecule has 0 aliphatic carbocycles. The maximum atomic E-state index is 13.9. The molecular formula is C23H21FN4O. The molecule has 0 atom stereocenters. The van der Waals surface area contributed by atoms with E-state index in [1.54, 1.807) is 18.3 Å². The number of pyridine rings is 2. The molecule has 3 aromatic heterocycles. The molecule has 1 amide bonds. The predicted octanol–water partition coefficient (Wildman–Crippen LogP) is 5.03. The smallest absolute Gasteiger partial charge is 0.225 e. The molecule has 146 valence electrons. The molecule has 0 aliphatic rings. The van der Waals surface area contributed by atoms with Gasteiger partial charge in [-0.05, 0) is 67.8 Å². The first-order chi connectivity index (χ1) is 14.1. The highest BCUT2D eigenvalue weighted by molar-refractivity contribution is 5.91. The topological polar surface area (TPSA) is 70.7 Å². The molecule has 0 unspecified atom stereocenters. The number of nitrogens with one attached hydrogen (secondary N) is 2. The van der Waals surface area contributed by atoms with Crippen LogP contribution in [0.3, 0.4) is 0 Å². The molecule has 4 aromatic rings. The molecule has 0 aliphatic heterocycles. The number of halogens is 1. The monoisotopic (exact) mass is 388 g/mol. The SMILES string of the molecule is Cc1cccc(NC(=O)CCCc2c(-c3ccccn3)[nH]c3ccc(F)cc23)n1. The van der Waals surface area contributed by atoms with Gasteiger partial charge in [-0.1, -0.05) is 12.1 Å². The number of hydrogen-bond acceptors (Lipinski definition) is 3. The van der Waals surface area contributed by atoms with Crippen LogP contribution in [0.1, 0.15) is 24.1 Å². The third-order valence-corrected chi connectivity index (χ3v) is 4.78. The molecule has 29 heavy (non-hydrogen) atoms. The third kappa shape index (κ3) is 4.32. The first-order valence-corrected chi connectivity index (χ1v) is 9.55. The number of benzene rings is 1. The van der Waals surface area contributed by atoms with Crippen molar-refractivity contribution in [1.82, 2.24) is 15.0 Å². The second-order valence-electron chi connectivity index (χ2n) is 6.95. The lowest BCUT2D eigenvalue weighted by Crippen LogP contribution is -2.12. The Balaban J connectivity index is 1.52. The van der Waals surface area contributed by atoms with E-state index in [9.17, 15) is 9.18 Å². The lowest BCUT2D eigenvalue weighted by atomic mass is 10.0. The van der Waals surface area contributed by atoms with Gasteiger partial charge in [-0.3, -0.25) is 9.78 Å². The number of fused-ring (bicyclic) bond motifs is 1. The normalized spacial score (nSPS) is 11.0. The minimum Gasteiger partial charge on any atom is -0.353 e. The van der Waals surface area contributed by atoms with Crippen LogP contribution >= 0.6 is 0 Å². The number of aromatic nitrogens is 3. The fourth-order valence-electron chi connectivity index (χ4n) is 3.45. The van der Waals surface area contributed by atoms with Crippen molar-refractivity contribution in [3.8, 4) is 11.4 Å². The van der Waals surface area contributed by atoms with E-state index in [2.05, 4.69) is 20.3 Å². The molecule has 0 radical (unpaired) electrons. The lowest BCUT2D eigenvalue weighted by Gasteiger charge is -2.07. The Morgan fingerprint density at radius 3 is 2.83 bits per heavy atom. The summed E-state index contributed by atoms with van der Waals surface area (Å²) < 4.78 is 13.9. The van der Waals surface area contributed by atoms with Gasteiger partial charge in [-0.25, -0.2) is 9.37 Å². The maximum absolute atomic E-state index is 13.9. The third-order valence-electron chi connectivity index (χ3n) is 4.78. The van der Waals surface area contributed by atoms with E-state index < -0.39 is 0 Å². The van der Waals surface area contributed by atoms with Crippen LogP contribution in [0.5, 0.6) is 0 Å². The number of aromatic amines is 1. The summed E-state index contributed by atoms with van der Waals surface area (Å²) in [4.78, 5) is 24.4. The number of hydrogen-bond donors (Lipinski definition) is 2. The van der Waals surface area contributed by atoms with Gasteiger partial charge in [0.05, 0.1) is 11.4 Å². The van der Waals surface area contributed by atoms with Crippen LogP contribution in [0.15, 0.2) is 60.8 Å². The number of carbonyl (C=O) groups is 1. The average molecular weight is 388 g/mol. The van der Waals surface area contributed by atoms with E-state index in [1.165, 1.54) is 12.1 Å². The van der Waals surface area contributed by atoms with E-state index in [0.717, 1.165) is 33.5 Å². The second-order valence-corrected chi connectivity index (χ2v) is 6.95. The van der Waals surface area contributed by atoms with Gasteiger partial charge in [-0.2, -0.15) is 0 Å². The standard InChI is InChI=1S/C23H21FN4O/c1-15-6-4-9-21(26-15)28-22(29)10-5-7-17-18-14-16(24)11-12-19(18)27-23(17)20-8-2-3-13-25-20/h2-4,6,8-9,11-14,27H,5,7,10H2,1H3,(H,26,28,29). The van der Waals surface area contributed by atoms with Crippen LogP contribution < -0.4 is 5.32 Å². The zero-order valence-corrected chi connectivity index (χ0v) is 16.1. The van der Waals surface area contributed by atoms with Crippen molar-refractivity contribution in [3.63, 3.8) is 0 Å². The minimum absolute atomic E-state index is 0.0893. The molecule has 3 heterocycles. The van der Waals surface area contributed by atoms with Crippen LogP contribution in [-0.4, -0.2) is 20.9 Å². The maximum Gasteiger partial charge on any atom is 0.225 e. The molecule has 1 aromatic carbocycles. The van der Waals surface area contributed by atoms with Crippen molar-refractivity contribution < 1.29 is 9.18 Å². The number of aryl methyl sites for hydroxylation is 2. The Bertz CT molecular complexity index is 1150. The van der Waals surface area contributed by atoms with E-state index >= 15 is 0 Å². The van der Waals surface area contributed by atoms with E-state index in [4.69, 9.17) is 0 Å². The van der Waals surface area contributed by atoms with Gasteiger partial charge < -0.3 is 10.3 Å². The number of nitrogens with zero attached hydrogens (tertiary/aromatic N) is 2. The quantitative estimate of drug-likeness (QED) is 0.486. The van der Waals surface area contributed by atoms with Crippen LogP contribution in [0.2, 0.25) is 0 Å². The van der Waals surface area contributed by atoms with Crippen LogP contribution in [0, 0.1) is 12.7 Å². The Hall–Kier alpha value is -3.54. The number of rotatable bonds is 6. The van der Waals surface area contributed by atoms with Crippen molar-refractivity contribution in [1.29, 1.82) is 0 Å². The summed E-state index contributed by atoms with van der Waals surface area (Å²) >= 11 is 0. The largest absolute Gasteiger partial charge is 0.353 e. The van der Waals surface area contributed by atoms with Gasteiger partial charge in [0.2, 0.25) is 5.91 Å². The Kier molecular flexibility index (Phi) is 5.33. The molecule has 4 rings (SSSR count). The summed E-state index contributed by atoms with van der Waals surface area (Å²) in [5.41, 5.74) is 4.35. The van der Waals surface area contributed by atoms with Crippen molar-refractivity contribution >= 4 is 22.6 Å². The van der Waals surface area contributed by atoms with E-state index in [1.807, 2.05) is 37.3 Å². The highest BCUT2D eigenvalue weighted by Crippen LogP contribution is 2.31. The fourth-order valence-corrected chi connectivity index (χ4v) is 3.45. The second kappa shape index (κ2) is 8.22. The van der Waals surface area contributed by atoms with Gasteiger partial charge in [0.25, 0.3) is 0 Å². The van der Waals surface area contributed by atoms with Gasteiger partial charge in [0.1, 0.15) is 11.6 Å². The van der Waals surface area contributed by atoms with Crippen molar-refractivity contribution in [3.05, 3.63) is 77.9 Å². The first-order valence-electron chi connectivity index (χ1n) is 9.55. The highest BCUT2D eigenvalue weighted by Gasteiger charge is 2.15. The number of anilines is 1. The average Bonchev–Trinajstić information content (AvgIpc) is 3.06. The van der Waals surface area contributed by atoms with Crippen molar-refractivity contribution in [2.45, 2.75) is 26.2 Å². The first kappa shape index (κ1) is 18.8. The summed E-state index contributed by atoms with van der Waals surface area (Å²) in [6.07, 6.45) is 3.33. The summed E-state index contributed by atoms with van der Waals surface area (Å²) in [6.45, 7) is 1.88. The summed E-state index contributed by atoms with van der Waals surface area (Å²) in [7, 11) is 0. The van der Waals surface area contributed by atoms with Gasteiger partial charge >= 0.3 is 0 Å². The molecule has 0 spiro atoms. The predicted molar refractivity (Wildman–Crippen MR) is 112 cm³/mol. The summed E-state index contributed by atoms with van der Waals surface area (Å²) in [5.74, 6) is 0.181. The molecule has 0 bridgehead atoms. The molecule has 0 fully saturated rings. The molecule has 5 nitrogen and oxygen atoms in total. The summed E-state index contributed by atoms with van der Waals surface area (Å²) in [5, 5.41) is 3.65. The number of amides is 1. The molecule has 0 saturated carbocycles. The lowest BCUT2D eigenvalue weighted by molar-refractivity contribution is -0.116. The Morgan fingerprint density at radius 1 is 1.14 bits per heavy atom.